The van der Waals surface area contributed by atoms with Crippen molar-refractivity contribution in [3.8, 4) is 0 Å². The standard InChI is InChI=1S/C18H24N2O4S/c1-3-9-20(10-4-2)16(21)12-24-17(22)11-15-18(23)19-13-7-5-6-8-14(13)25-15/h5-8,15H,3-4,9-12H2,1-2H3,(H,19,23)/t15-/m1/s1. The van der Waals surface area contributed by atoms with Gasteiger partial charge in [-0.1, -0.05) is 26.0 Å². The highest BCUT2D eigenvalue weighted by Crippen LogP contribution is 2.36. The Morgan fingerprint density at radius 1 is 1.20 bits per heavy atom. The van der Waals surface area contributed by atoms with Gasteiger partial charge in [0, 0.05) is 18.0 Å². The first-order chi connectivity index (χ1) is 12.0. The smallest absolute Gasteiger partial charge is 0.307 e. The van der Waals surface area contributed by atoms with Gasteiger partial charge in [-0.05, 0) is 25.0 Å². The van der Waals surface area contributed by atoms with Crippen LogP contribution in [0.3, 0.4) is 0 Å². The van der Waals surface area contributed by atoms with Crippen LogP contribution < -0.4 is 5.32 Å². The molecule has 0 radical (unpaired) electrons. The molecule has 1 heterocycles. The Hall–Kier alpha value is -2.02. The molecule has 1 aliphatic heterocycles. The van der Waals surface area contributed by atoms with Gasteiger partial charge in [0.25, 0.3) is 5.91 Å². The fourth-order valence-electron chi connectivity index (χ4n) is 2.57. The zero-order valence-corrected chi connectivity index (χ0v) is 15.4. The van der Waals surface area contributed by atoms with Gasteiger partial charge in [-0.2, -0.15) is 0 Å². The van der Waals surface area contributed by atoms with Crippen LogP contribution in [0, 0.1) is 0 Å². The lowest BCUT2D eigenvalue weighted by Gasteiger charge is -2.24. The van der Waals surface area contributed by atoms with Crippen molar-refractivity contribution in [2.45, 2.75) is 43.3 Å². The number of rotatable bonds is 8. The first-order valence-corrected chi connectivity index (χ1v) is 9.43. The molecule has 2 rings (SSSR count). The number of anilines is 1. The molecule has 0 saturated carbocycles. The number of hydrogen-bond acceptors (Lipinski definition) is 5. The summed E-state index contributed by atoms with van der Waals surface area (Å²) in [5.41, 5.74) is 0.757. The summed E-state index contributed by atoms with van der Waals surface area (Å²) in [6.07, 6.45) is 1.66. The molecule has 0 unspecified atom stereocenters. The molecule has 0 saturated heterocycles. The van der Waals surface area contributed by atoms with Gasteiger partial charge in [-0.3, -0.25) is 14.4 Å². The second-order valence-corrected chi connectivity index (χ2v) is 7.08. The average molecular weight is 364 g/mol. The van der Waals surface area contributed by atoms with E-state index in [9.17, 15) is 14.4 Å². The van der Waals surface area contributed by atoms with Crippen LogP contribution in [-0.4, -0.2) is 47.6 Å². The van der Waals surface area contributed by atoms with E-state index < -0.39 is 11.2 Å². The van der Waals surface area contributed by atoms with E-state index in [0.717, 1.165) is 23.4 Å². The summed E-state index contributed by atoms with van der Waals surface area (Å²) >= 11 is 1.34. The number of fused-ring (bicyclic) bond motifs is 1. The fourth-order valence-corrected chi connectivity index (χ4v) is 3.67. The van der Waals surface area contributed by atoms with Gasteiger partial charge in [0.05, 0.1) is 17.4 Å². The maximum atomic E-state index is 12.1. The van der Waals surface area contributed by atoms with Crippen molar-refractivity contribution in [2.75, 3.05) is 25.0 Å². The molecule has 136 valence electrons. The number of benzene rings is 1. The first kappa shape index (κ1) is 19.3. The Bertz CT molecular complexity index is 629. The number of thioether (sulfide) groups is 1. The Balaban J connectivity index is 1.84. The lowest BCUT2D eigenvalue weighted by atomic mass is 10.2. The van der Waals surface area contributed by atoms with Crippen LogP contribution in [0.2, 0.25) is 0 Å². The van der Waals surface area contributed by atoms with Gasteiger partial charge in [0.15, 0.2) is 6.61 Å². The average Bonchev–Trinajstić information content (AvgIpc) is 2.60. The van der Waals surface area contributed by atoms with Crippen molar-refractivity contribution in [1.29, 1.82) is 0 Å². The molecule has 2 amide bonds. The van der Waals surface area contributed by atoms with E-state index in [1.807, 2.05) is 38.1 Å². The van der Waals surface area contributed by atoms with Gasteiger partial charge in [-0.15, -0.1) is 11.8 Å². The molecule has 1 atom stereocenters. The van der Waals surface area contributed by atoms with Gasteiger partial charge in [0.1, 0.15) is 0 Å². The van der Waals surface area contributed by atoms with Crippen molar-refractivity contribution >= 4 is 35.2 Å². The predicted molar refractivity (Wildman–Crippen MR) is 97.5 cm³/mol. The number of hydrogen-bond donors (Lipinski definition) is 1. The number of amides is 2. The number of nitrogens with zero attached hydrogens (tertiary/aromatic N) is 1. The van der Waals surface area contributed by atoms with Crippen molar-refractivity contribution in [3.05, 3.63) is 24.3 Å². The zero-order valence-electron chi connectivity index (χ0n) is 14.6. The molecule has 1 N–H and O–H groups in total. The normalized spacial score (nSPS) is 15.9. The molecule has 0 spiro atoms. The summed E-state index contributed by atoms with van der Waals surface area (Å²) in [6, 6.07) is 7.45. The van der Waals surface area contributed by atoms with Crippen LogP contribution >= 0.6 is 11.8 Å². The van der Waals surface area contributed by atoms with Crippen molar-refractivity contribution in [1.82, 2.24) is 4.90 Å². The summed E-state index contributed by atoms with van der Waals surface area (Å²) in [5.74, 6) is -0.943. The number of carbonyl (C=O) groups is 3. The molecular weight excluding hydrogens is 340 g/mol. The second kappa shape index (κ2) is 9.46. The highest BCUT2D eigenvalue weighted by atomic mass is 32.2. The maximum Gasteiger partial charge on any atom is 0.307 e. The lowest BCUT2D eigenvalue weighted by Crippen LogP contribution is -2.36. The van der Waals surface area contributed by atoms with Gasteiger partial charge in [0.2, 0.25) is 5.91 Å². The number of esters is 1. The first-order valence-electron chi connectivity index (χ1n) is 8.55. The van der Waals surface area contributed by atoms with Crippen LogP contribution in [0.1, 0.15) is 33.1 Å². The Morgan fingerprint density at radius 2 is 1.88 bits per heavy atom. The summed E-state index contributed by atoms with van der Waals surface area (Å²) in [6.45, 7) is 5.04. The summed E-state index contributed by atoms with van der Waals surface area (Å²) in [7, 11) is 0. The van der Waals surface area contributed by atoms with Crippen molar-refractivity contribution in [3.63, 3.8) is 0 Å². The number of para-hydroxylation sites is 1. The Labute approximate surface area is 152 Å². The lowest BCUT2D eigenvalue weighted by molar-refractivity contribution is -0.152. The van der Waals surface area contributed by atoms with E-state index in [2.05, 4.69) is 5.32 Å². The van der Waals surface area contributed by atoms with E-state index in [-0.39, 0.29) is 24.8 Å². The van der Waals surface area contributed by atoms with Crippen LogP contribution in [0.5, 0.6) is 0 Å². The maximum absolute atomic E-state index is 12.1. The molecule has 6 nitrogen and oxygen atoms in total. The van der Waals surface area contributed by atoms with Gasteiger partial charge < -0.3 is 15.0 Å². The molecule has 25 heavy (non-hydrogen) atoms. The summed E-state index contributed by atoms with van der Waals surface area (Å²) in [4.78, 5) is 38.9. The third-order valence-corrected chi connectivity index (χ3v) is 5.03. The third-order valence-electron chi connectivity index (χ3n) is 3.76. The Kier molecular flexibility index (Phi) is 7.31. The number of ether oxygens (including phenoxy) is 1. The van der Waals surface area contributed by atoms with E-state index >= 15 is 0 Å². The molecule has 1 aromatic carbocycles. The molecule has 0 fully saturated rings. The van der Waals surface area contributed by atoms with E-state index in [4.69, 9.17) is 4.74 Å². The van der Waals surface area contributed by atoms with Crippen molar-refractivity contribution in [2.24, 2.45) is 0 Å². The van der Waals surface area contributed by atoms with Crippen LogP contribution in [0.25, 0.3) is 0 Å². The SMILES string of the molecule is CCCN(CCC)C(=O)COC(=O)C[C@H]1Sc2ccccc2NC1=O. The highest BCUT2D eigenvalue weighted by molar-refractivity contribution is 8.01. The molecule has 0 aliphatic carbocycles. The van der Waals surface area contributed by atoms with Crippen LogP contribution in [-0.2, 0) is 19.1 Å². The fraction of sp³-hybridized carbons (Fsp3) is 0.500. The minimum absolute atomic E-state index is 0.0559. The second-order valence-electron chi connectivity index (χ2n) is 5.84. The minimum Gasteiger partial charge on any atom is -0.456 e. The quantitative estimate of drug-likeness (QED) is 0.718. The molecule has 1 aliphatic rings. The van der Waals surface area contributed by atoms with E-state index in [1.165, 1.54) is 11.8 Å². The topological polar surface area (TPSA) is 75.7 Å². The van der Waals surface area contributed by atoms with Crippen LogP contribution in [0.4, 0.5) is 5.69 Å². The van der Waals surface area contributed by atoms with Crippen LogP contribution in [0.15, 0.2) is 29.2 Å². The molecule has 0 aromatic heterocycles. The predicted octanol–water partition coefficient (Wildman–Crippen LogP) is 2.68. The monoisotopic (exact) mass is 364 g/mol. The van der Waals surface area contributed by atoms with Gasteiger partial charge >= 0.3 is 5.97 Å². The number of nitrogens with one attached hydrogen (secondary N) is 1. The minimum atomic E-state index is -0.542. The third kappa shape index (κ3) is 5.49. The van der Waals surface area contributed by atoms with Gasteiger partial charge in [-0.25, -0.2) is 0 Å². The molecule has 7 heteroatoms. The van der Waals surface area contributed by atoms with E-state index in [1.54, 1.807) is 4.90 Å². The summed E-state index contributed by atoms with van der Waals surface area (Å²) < 4.78 is 5.09. The molecule has 1 aromatic rings. The van der Waals surface area contributed by atoms with E-state index in [0.29, 0.717) is 13.1 Å². The Morgan fingerprint density at radius 3 is 2.56 bits per heavy atom. The zero-order chi connectivity index (χ0) is 18.2. The molecular formula is C18H24N2O4S. The highest BCUT2D eigenvalue weighted by Gasteiger charge is 2.29. The number of carbonyl (C=O) groups excluding carboxylic acids is 3. The largest absolute Gasteiger partial charge is 0.456 e. The summed E-state index contributed by atoms with van der Waals surface area (Å²) in [5, 5.41) is 2.25. The molecule has 0 bridgehead atoms. The van der Waals surface area contributed by atoms with Crippen molar-refractivity contribution < 1.29 is 19.1 Å².